The molecule has 0 aliphatic heterocycles. The van der Waals surface area contributed by atoms with Gasteiger partial charge in [0.15, 0.2) is 0 Å². The Labute approximate surface area is 84.3 Å². The number of carbonyl (C=O) groups is 1. The largest absolute Gasteiger partial charge is 0.349 e. The number of nitrogens with zero attached hydrogens (tertiary/aromatic N) is 2. The van der Waals surface area contributed by atoms with Gasteiger partial charge in [0.2, 0.25) is 0 Å². The summed E-state index contributed by atoms with van der Waals surface area (Å²) in [6.07, 6.45) is 0.850. The van der Waals surface area contributed by atoms with E-state index >= 15 is 0 Å². The molecule has 0 bridgehead atoms. The van der Waals surface area contributed by atoms with E-state index in [1.165, 1.54) is 0 Å². The number of aromatic nitrogens is 2. The molecule has 0 fully saturated rings. The maximum absolute atomic E-state index is 11.6. The average molecular weight is 195 g/mol. The maximum atomic E-state index is 11.6. The monoisotopic (exact) mass is 195 g/mol. The molecule has 14 heavy (non-hydrogen) atoms. The summed E-state index contributed by atoms with van der Waals surface area (Å²) in [7, 11) is 1.79. The van der Waals surface area contributed by atoms with E-state index in [1.807, 2.05) is 26.8 Å². The van der Waals surface area contributed by atoms with Crippen LogP contribution in [0.4, 0.5) is 0 Å². The van der Waals surface area contributed by atoms with Gasteiger partial charge >= 0.3 is 0 Å². The molecule has 78 valence electrons. The number of hydrogen-bond donors (Lipinski definition) is 1. The number of amides is 1. The van der Waals surface area contributed by atoms with Crippen molar-refractivity contribution in [1.82, 2.24) is 15.1 Å². The fourth-order valence-corrected chi connectivity index (χ4v) is 1.25. The molecule has 0 saturated heterocycles. The van der Waals surface area contributed by atoms with Gasteiger partial charge in [0.05, 0.1) is 5.69 Å². The predicted octanol–water partition coefficient (Wildman–Crippen LogP) is 1.12. The minimum Gasteiger partial charge on any atom is -0.349 e. The molecule has 1 N–H and O–H groups in total. The summed E-state index contributed by atoms with van der Waals surface area (Å²) < 4.78 is 1.62. The van der Waals surface area contributed by atoms with Crippen LogP contribution in [0, 0.1) is 0 Å². The molecule has 1 amide bonds. The summed E-state index contributed by atoms with van der Waals surface area (Å²) in [6.45, 7) is 5.90. The van der Waals surface area contributed by atoms with Gasteiger partial charge in [-0.15, -0.1) is 0 Å². The minimum absolute atomic E-state index is 0.0605. The van der Waals surface area contributed by atoms with Gasteiger partial charge in [-0.3, -0.25) is 9.48 Å². The summed E-state index contributed by atoms with van der Waals surface area (Å²) in [5.41, 5.74) is 1.57. The molecule has 1 aromatic rings. The Kier molecular flexibility index (Phi) is 3.28. The zero-order valence-corrected chi connectivity index (χ0v) is 9.16. The first-order valence-corrected chi connectivity index (χ1v) is 4.88. The molecule has 0 aromatic carbocycles. The third-order valence-electron chi connectivity index (χ3n) is 1.95. The van der Waals surface area contributed by atoms with Crippen LogP contribution >= 0.6 is 0 Å². The van der Waals surface area contributed by atoms with E-state index in [0.29, 0.717) is 5.69 Å². The van der Waals surface area contributed by atoms with Gasteiger partial charge in [-0.05, 0) is 26.3 Å². The molecule has 0 unspecified atom stereocenters. The van der Waals surface area contributed by atoms with E-state index in [4.69, 9.17) is 0 Å². The van der Waals surface area contributed by atoms with Gasteiger partial charge in [-0.25, -0.2) is 0 Å². The van der Waals surface area contributed by atoms with E-state index in [1.54, 1.807) is 11.7 Å². The molecule has 4 heteroatoms. The van der Waals surface area contributed by atoms with Gasteiger partial charge in [0.1, 0.15) is 5.69 Å². The van der Waals surface area contributed by atoms with Crippen molar-refractivity contribution in [3.63, 3.8) is 0 Å². The zero-order chi connectivity index (χ0) is 10.7. The van der Waals surface area contributed by atoms with Crippen LogP contribution in [-0.4, -0.2) is 21.7 Å². The third kappa shape index (κ3) is 2.34. The highest BCUT2D eigenvalue weighted by Gasteiger charge is 2.12. The molecule has 0 aliphatic carbocycles. The fourth-order valence-electron chi connectivity index (χ4n) is 1.25. The second-order valence-corrected chi connectivity index (χ2v) is 3.63. The summed E-state index contributed by atoms with van der Waals surface area (Å²) in [4.78, 5) is 11.6. The normalized spacial score (nSPS) is 10.6. The summed E-state index contributed by atoms with van der Waals surface area (Å²) >= 11 is 0. The molecule has 0 saturated carbocycles. The Balaban J connectivity index is 2.84. The Morgan fingerprint density at radius 1 is 1.64 bits per heavy atom. The van der Waals surface area contributed by atoms with Gasteiger partial charge in [0.25, 0.3) is 5.91 Å². The fraction of sp³-hybridized carbons (Fsp3) is 0.600. The highest BCUT2D eigenvalue weighted by atomic mass is 16.2. The van der Waals surface area contributed by atoms with Crippen LogP contribution in [0.25, 0.3) is 0 Å². The lowest BCUT2D eigenvalue weighted by atomic mass is 10.3. The van der Waals surface area contributed by atoms with Crippen LogP contribution in [0.3, 0.4) is 0 Å². The molecule has 1 rings (SSSR count). The van der Waals surface area contributed by atoms with Crippen LogP contribution in [0.15, 0.2) is 6.07 Å². The number of rotatable bonds is 3. The van der Waals surface area contributed by atoms with Gasteiger partial charge < -0.3 is 5.32 Å². The van der Waals surface area contributed by atoms with E-state index < -0.39 is 0 Å². The van der Waals surface area contributed by atoms with Crippen molar-refractivity contribution < 1.29 is 4.79 Å². The Hall–Kier alpha value is -1.32. The standard InChI is InChI=1S/C10H17N3O/c1-5-8-6-9(13(4)12-8)10(14)11-7(2)3/h6-7H,5H2,1-4H3,(H,11,14). The maximum Gasteiger partial charge on any atom is 0.269 e. The SMILES string of the molecule is CCc1cc(C(=O)NC(C)C)n(C)n1. The first-order valence-electron chi connectivity index (χ1n) is 4.88. The highest BCUT2D eigenvalue weighted by Crippen LogP contribution is 2.03. The molecule has 1 heterocycles. The lowest BCUT2D eigenvalue weighted by Crippen LogP contribution is -2.31. The minimum atomic E-state index is -0.0605. The van der Waals surface area contributed by atoms with Crippen molar-refractivity contribution in [1.29, 1.82) is 0 Å². The molecule has 4 nitrogen and oxygen atoms in total. The van der Waals surface area contributed by atoms with Crippen molar-refractivity contribution in [3.05, 3.63) is 17.5 Å². The Morgan fingerprint density at radius 2 is 2.29 bits per heavy atom. The number of aryl methyl sites for hydroxylation is 2. The van der Waals surface area contributed by atoms with E-state index in [0.717, 1.165) is 12.1 Å². The predicted molar refractivity (Wildman–Crippen MR) is 55.2 cm³/mol. The topological polar surface area (TPSA) is 46.9 Å². The summed E-state index contributed by atoms with van der Waals surface area (Å²) in [5, 5.41) is 7.05. The van der Waals surface area contributed by atoms with Crippen molar-refractivity contribution in [2.75, 3.05) is 0 Å². The lowest BCUT2D eigenvalue weighted by molar-refractivity contribution is 0.0933. The summed E-state index contributed by atoms with van der Waals surface area (Å²) in [5.74, 6) is -0.0605. The van der Waals surface area contributed by atoms with Crippen molar-refractivity contribution in [2.24, 2.45) is 7.05 Å². The van der Waals surface area contributed by atoms with Crippen LogP contribution in [-0.2, 0) is 13.5 Å². The van der Waals surface area contributed by atoms with Crippen molar-refractivity contribution in [3.8, 4) is 0 Å². The van der Waals surface area contributed by atoms with E-state index in [-0.39, 0.29) is 11.9 Å². The molecule has 0 radical (unpaired) electrons. The molecular formula is C10H17N3O. The third-order valence-corrected chi connectivity index (χ3v) is 1.95. The zero-order valence-electron chi connectivity index (χ0n) is 9.16. The van der Waals surface area contributed by atoms with Gasteiger partial charge in [-0.1, -0.05) is 6.92 Å². The molecule has 0 aliphatic rings. The number of carbonyl (C=O) groups excluding carboxylic acids is 1. The second-order valence-electron chi connectivity index (χ2n) is 3.63. The smallest absolute Gasteiger partial charge is 0.269 e. The Morgan fingerprint density at radius 3 is 2.71 bits per heavy atom. The first-order chi connectivity index (χ1) is 6.54. The molecule has 0 spiro atoms. The number of hydrogen-bond acceptors (Lipinski definition) is 2. The van der Waals surface area contributed by atoms with Crippen molar-refractivity contribution >= 4 is 5.91 Å². The van der Waals surface area contributed by atoms with Gasteiger partial charge in [0, 0.05) is 13.1 Å². The van der Waals surface area contributed by atoms with Crippen LogP contribution in [0.1, 0.15) is 37.0 Å². The second kappa shape index (κ2) is 4.26. The first kappa shape index (κ1) is 10.8. The lowest BCUT2D eigenvalue weighted by Gasteiger charge is -2.07. The highest BCUT2D eigenvalue weighted by molar-refractivity contribution is 5.92. The molecule has 0 atom stereocenters. The van der Waals surface area contributed by atoms with Crippen LogP contribution in [0.2, 0.25) is 0 Å². The molecular weight excluding hydrogens is 178 g/mol. The average Bonchev–Trinajstić information content (AvgIpc) is 2.45. The molecule has 1 aromatic heterocycles. The summed E-state index contributed by atoms with van der Waals surface area (Å²) in [6, 6.07) is 1.99. The quantitative estimate of drug-likeness (QED) is 0.785. The number of nitrogens with one attached hydrogen (secondary N) is 1. The Bertz CT molecular complexity index is 328. The van der Waals surface area contributed by atoms with E-state index in [9.17, 15) is 4.79 Å². The van der Waals surface area contributed by atoms with Crippen molar-refractivity contribution in [2.45, 2.75) is 33.2 Å². The van der Waals surface area contributed by atoms with E-state index in [2.05, 4.69) is 10.4 Å². The van der Waals surface area contributed by atoms with Crippen LogP contribution < -0.4 is 5.32 Å². The van der Waals surface area contributed by atoms with Gasteiger partial charge in [-0.2, -0.15) is 5.10 Å². The van der Waals surface area contributed by atoms with Crippen LogP contribution in [0.5, 0.6) is 0 Å².